The number of carbonyl (C=O) groups excluding carboxylic acids is 1. The molecule has 2 fully saturated rings. The number of carbonyl (C=O) groups is 1. The van der Waals surface area contributed by atoms with Crippen LogP contribution in [0, 0.1) is 11.3 Å². The van der Waals surface area contributed by atoms with Crippen molar-refractivity contribution in [3.8, 4) is 28.8 Å². The predicted molar refractivity (Wildman–Crippen MR) is 143 cm³/mol. The second-order valence-electron chi connectivity index (χ2n) is 10.3. The second-order valence-corrected chi connectivity index (χ2v) is 10.3. The number of halogens is 2. The normalized spacial score (nSPS) is 17.1. The zero-order chi connectivity index (χ0) is 28.3. The van der Waals surface area contributed by atoms with Crippen LogP contribution in [-0.2, 0) is 11.3 Å². The van der Waals surface area contributed by atoms with E-state index in [1.54, 1.807) is 6.07 Å². The average molecular weight is 560 g/mol. The van der Waals surface area contributed by atoms with Gasteiger partial charge in [-0.05, 0) is 49.9 Å². The van der Waals surface area contributed by atoms with Gasteiger partial charge in [-0.15, -0.1) is 8.78 Å². The Morgan fingerprint density at radius 2 is 1.93 bits per heavy atom. The van der Waals surface area contributed by atoms with Crippen LogP contribution in [0.5, 0.6) is 11.5 Å². The molecule has 0 bridgehead atoms. The Balaban J connectivity index is 1.24. The van der Waals surface area contributed by atoms with Crippen LogP contribution in [0.3, 0.4) is 0 Å². The van der Waals surface area contributed by atoms with E-state index in [9.17, 15) is 23.6 Å². The van der Waals surface area contributed by atoms with Crippen LogP contribution in [0.25, 0.3) is 22.3 Å². The summed E-state index contributed by atoms with van der Waals surface area (Å²) in [6, 6.07) is 11.7. The highest BCUT2D eigenvalue weighted by atomic mass is 19.3. The highest BCUT2D eigenvalue weighted by molar-refractivity contribution is 5.95. The molecule has 4 heterocycles. The fourth-order valence-electron chi connectivity index (χ4n) is 5.47. The SMILES string of the molecule is N#Cc1cc(-c2nn(CC(=O)N(c3ccc4c(c3)OC(F)(F)O4)C3CC3)c(=O)c3nc[nH]c23)ccc1N1CCCC1. The molecule has 1 amide bonds. The van der Waals surface area contributed by atoms with Gasteiger partial charge >= 0.3 is 6.29 Å². The summed E-state index contributed by atoms with van der Waals surface area (Å²) in [5.74, 6) is -0.747. The van der Waals surface area contributed by atoms with E-state index >= 15 is 0 Å². The number of alkyl halides is 2. The summed E-state index contributed by atoms with van der Waals surface area (Å²) in [4.78, 5) is 37.7. The summed E-state index contributed by atoms with van der Waals surface area (Å²) in [7, 11) is 0. The minimum absolute atomic E-state index is 0.105. The number of anilines is 2. The van der Waals surface area contributed by atoms with E-state index in [2.05, 4.69) is 35.5 Å². The Morgan fingerprint density at radius 3 is 2.68 bits per heavy atom. The Bertz CT molecular complexity index is 1800. The third-order valence-corrected chi connectivity index (χ3v) is 7.50. The number of hydrogen-bond donors (Lipinski definition) is 1. The van der Waals surface area contributed by atoms with Gasteiger partial charge in [-0.25, -0.2) is 9.67 Å². The number of imidazole rings is 1. The maximum absolute atomic E-state index is 13.6. The van der Waals surface area contributed by atoms with E-state index in [0.29, 0.717) is 28.0 Å². The van der Waals surface area contributed by atoms with Crippen LogP contribution in [0.2, 0.25) is 0 Å². The molecule has 1 N–H and O–H groups in total. The first-order valence-corrected chi connectivity index (χ1v) is 13.3. The molecule has 2 aromatic heterocycles. The standard InChI is InChI=1S/C28H23F2N7O4/c29-28(30)40-21-8-6-19(12-22(21)41-28)37(18-4-5-18)23(38)14-36-27(39)26-25(32-15-33-26)24(34-36)16-3-7-20(17(11-16)13-31)35-9-1-2-10-35/h3,6-8,11-12,15,18H,1-2,4-5,9-10,14H2,(H,32,33). The fourth-order valence-corrected chi connectivity index (χ4v) is 5.47. The third kappa shape index (κ3) is 4.41. The van der Waals surface area contributed by atoms with Gasteiger partial charge in [0.25, 0.3) is 5.56 Å². The van der Waals surface area contributed by atoms with Gasteiger partial charge in [-0.3, -0.25) is 9.59 Å². The zero-order valence-electron chi connectivity index (χ0n) is 21.6. The van der Waals surface area contributed by atoms with Crippen LogP contribution in [0.15, 0.2) is 47.5 Å². The first-order chi connectivity index (χ1) is 19.8. The largest absolute Gasteiger partial charge is 0.586 e. The van der Waals surface area contributed by atoms with Crippen molar-refractivity contribution in [1.82, 2.24) is 19.7 Å². The number of rotatable bonds is 6. The van der Waals surface area contributed by atoms with E-state index in [1.165, 1.54) is 29.4 Å². The van der Waals surface area contributed by atoms with Gasteiger partial charge in [0.05, 0.1) is 23.1 Å². The van der Waals surface area contributed by atoms with E-state index in [1.807, 2.05) is 12.1 Å². The molecule has 1 saturated heterocycles. The molecule has 2 aromatic carbocycles. The molecule has 1 saturated carbocycles. The number of ether oxygens (including phenoxy) is 2. The summed E-state index contributed by atoms with van der Waals surface area (Å²) in [5, 5.41) is 14.4. The molecule has 3 aliphatic rings. The van der Waals surface area contributed by atoms with Crippen molar-refractivity contribution in [3.05, 3.63) is 58.6 Å². The highest BCUT2D eigenvalue weighted by Gasteiger charge is 2.44. The van der Waals surface area contributed by atoms with Gasteiger partial charge in [0, 0.05) is 36.4 Å². The lowest BCUT2D eigenvalue weighted by Gasteiger charge is -2.23. The Morgan fingerprint density at radius 1 is 1.15 bits per heavy atom. The summed E-state index contributed by atoms with van der Waals surface area (Å²) in [6.45, 7) is 1.35. The molecule has 13 heteroatoms. The second kappa shape index (κ2) is 9.29. The van der Waals surface area contributed by atoms with Crippen LogP contribution in [0.4, 0.5) is 20.2 Å². The van der Waals surface area contributed by atoms with Gasteiger partial charge in [0.15, 0.2) is 17.0 Å². The molecule has 7 rings (SSSR count). The van der Waals surface area contributed by atoms with Crippen molar-refractivity contribution in [3.63, 3.8) is 0 Å². The number of nitriles is 1. The highest BCUT2D eigenvalue weighted by Crippen LogP contribution is 2.44. The maximum Gasteiger partial charge on any atom is 0.586 e. The number of nitrogens with one attached hydrogen (secondary N) is 1. The van der Waals surface area contributed by atoms with Crippen LogP contribution >= 0.6 is 0 Å². The topological polar surface area (TPSA) is 129 Å². The molecular formula is C28H23F2N7O4. The molecule has 0 spiro atoms. The number of hydrogen-bond acceptors (Lipinski definition) is 8. The predicted octanol–water partition coefficient (Wildman–Crippen LogP) is 3.78. The first-order valence-electron chi connectivity index (χ1n) is 13.3. The fraction of sp³-hybridized carbons (Fsp3) is 0.321. The lowest BCUT2D eigenvalue weighted by molar-refractivity contribution is -0.286. The monoisotopic (exact) mass is 559 g/mol. The average Bonchev–Trinajstić information content (AvgIpc) is 3.32. The van der Waals surface area contributed by atoms with Crippen molar-refractivity contribution in [1.29, 1.82) is 5.26 Å². The lowest BCUT2D eigenvalue weighted by atomic mass is 10.0. The molecule has 208 valence electrons. The smallest absolute Gasteiger partial charge is 0.395 e. The van der Waals surface area contributed by atoms with Crippen molar-refractivity contribution >= 4 is 28.3 Å². The minimum Gasteiger partial charge on any atom is -0.395 e. The zero-order valence-corrected chi connectivity index (χ0v) is 21.6. The van der Waals surface area contributed by atoms with Crippen LogP contribution in [-0.4, -0.2) is 51.1 Å². The van der Waals surface area contributed by atoms with E-state index in [0.717, 1.165) is 49.1 Å². The third-order valence-electron chi connectivity index (χ3n) is 7.50. The molecule has 0 radical (unpaired) electrons. The Kier molecular flexibility index (Phi) is 5.67. The maximum atomic E-state index is 13.6. The minimum atomic E-state index is -3.78. The molecule has 41 heavy (non-hydrogen) atoms. The van der Waals surface area contributed by atoms with Crippen LogP contribution < -0.4 is 24.8 Å². The van der Waals surface area contributed by atoms with Crippen molar-refractivity contribution in [2.45, 2.75) is 44.6 Å². The van der Waals surface area contributed by atoms with Crippen molar-refractivity contribution in [2.75, 3.05) is 22.9 Å². The quantitative estimate of drug-likeness (QED) is 0.378. The van der Waals surface area contributed by atoms with Crippen molar-refractivity contribution < 1.29 is 23.0 Å². The summed E-state index contributed by atoms with van der Waals surface area (Å²) < 4.78 is 37.2. The molecule has 0 atom stereocenters. The van der Waals surface area contributed by atoms with Gasteiger partial charge < -0.3 is 24.3 Å². The van der Waals surface area contributed by atoms with E-state index < -0.39 is 24.3 Å². The molecule has 4 aromatic rings. The molecular weight excluding hydrogens is 536 g/mol. The van der Waals surface area contributed by atoms with Gasteiger partial charge in [0.2, 0.25) is 5.91 Å². The summed E-state index contributed by atoms with van der Waals surface area (Å²) in [5.41, 5.74) is 2.59. The molecule has 2 aliphatic heterocycles. The molecule has 0 unspecified atom stereocenters. The number of aromatic nitrogens is 4. The van der Waals surface area contributed by atoms with Gasteiger partial charge in [-0.2, -0.15) is 10.4 Å². The number of aromatic amines is 1. The number of nitrogens with zero attached hydrogens (tertiary/aromatic N) is 6. The Labute approximate surface area is 231 Å². The van der Waals surface area contributed by atoms with Crippen LogP contribution in [0.1, 0.15) is 31.2 Å². The molecule has 1 aliphatic carbocycles. The number of H-pyrrole nitrogens is 1. The number of fused-ring (bicyclic) bond motifs is 2. The Hall–Kier alpha value is -4.99. The number of benzene rings is 2. The first kappa shape index (κ1) is 25.0. The van der Waals surface area contributed by atoms with E-state index in [4.69, 9.17) is 0 Å². The number of amides is 1. The van der Waals surface area contributed by atoms with Gasteiger partial charge in [0.1, 0.15) is 18.3 Å². The van der Waals surface area contributed by atoms with E-state index in [-0.39, 0.29) is 23.1 Å². The lowest BCUT2D eigenvalue weighted by Crippen LogP contribution is -2.39. The van der Waals surface area contributed by atoms with Crippen molar-refractivity contribution in [2.24, 2.45) is 0 Å². The summed E-state index contributed by atoms with van der Waals surface area (Å²) in [6.07, 6.45) is 1.19. The summed E-state index contributed by atoms with van der Waals surface area (Å²) >= 11 is 0. The molecule has 11 nitrogen and oxygen atoms in total. The van der Waals surface area contributed by atoms with Gasteiger partial charge in [-0.1, -0.05) is 6.07 Å².